The van der Waals surface area contributed by atoms with Crippen LogP contribution in [0.4, 0.5) is 0 Å². The third kappa shape index (κ3) is 4.95. The van der Waals surface area contributed by atoms with Gasteiger partial charge in [0.2, 0.25) is 0 Å². The quantitative estimate of drug-likeness (QED) is 0.771. The maximum Gasteiger partial charge on any atom is 0.0642 e. The Kier molecular flexibility index (Phi) is 4.30. The summed E-state index contributed by atoms with van der Waals surface area (Å²) in [5.41, 5.74) is 2.33. The molecule has 0 aliphatic heterocycles. The van der Waals surface area contributed by atoms with E-state index in [0.29, 0.717) is 0 Å². The molecule has 0 fully saturated rings. The van der Waals surface area contributed by atoms with Crippen LogP contribution in [0.15, 0.2) is 35.9 Å². The van der Waals surface area contributed by atoms with Crippen molar-refractivity contribution in [2.75, 3.05) is 6.61 Å². The summed E-state index contributed by atoms with van der Waals surface area (Å²) >= 11 is 0. The molecule has 15 heavy (non-hydrogen) atoms. The lowest BCUT2D eigenvalue weighted by atomic mass is 10.1. The van der Waals surface area contributed by atoms with Crippen molar-refractivity contribution in [3.8, 4) is 0 Å². The van der Waals surface area contributed by atoms with E-state index in [1.54, 1.807) is 0 Å². The van der Waals surface area contributed by atoms with Gasteiger partial charge in [-0.2, -0.15) is 0 Å². The zero-order chi connectivity index (χ0) is 11.3. The largest absolute Gasteiger partial charge is 0.392 e. The molecular weight excluding hydrogens is 200 g/mol. The van der Waals surface area contributed by atoms with Crippen molar-refractivity contribution in [1.29, 1.82) is 0 Å². The molecule has 0 atom stereocenters. The molecule has 82 valence electrons. The van der Waals surface area contributed by atoms with E-state index < -0.39 is 8.07 Å². The Morgan fingerprint density at radius 1 is 1.20 bits per heavy atom. The van der Waals surface area contributed by atoms with Crippen LogP contribution in [0, 0.1) is 0 Å². The van der Waals surface area contributed by atoms with E-state index in [-0.39, 0.29) is 6.61 Å². The molecule has 0 spiro atoms. The number of aliphatic hydroxyl groups excluding tert-OH is 1. The monoisotopic (exact) mass is 220 g/mol. The van der Waals surface area contributed by atoms with Gasteiger partial charge in [-0.15, -0.1) is 0 Å². The van der Waals surface area contributed by atoms with Crippen molar-refractivity contribution in [3.63, 3.8) is 0 Å². The van der Waals surface area contributed by atoms with E-state index in [0.717, 1.165) is 11.6 Å². The second-order valence-electron chi connectivity index (χ2n) is 5.11. The van der Waals surface area contributed by atoms with Gasteiger partial charge in [-0.25, -0.2) is 0 Å². The predicted octanol–water partition coefficient (Wildman–Crippen LogP) is 3.40. The van der Waals surface area contributed by atoms with E-state index in [4.69, 9.17) is 0 Å². The molecule has 0 heterocycles. The molecule has 1 nitrogen and oxygen atoms in total. The second-order valence-corrected chi connectivity index (χ2v) is 10.6. The molecule has 1 aromatic carbocycles. The Morgan fingerprint density at radius 3 is 2.27 bits per heavy atom. The molecule has 1 aromatic rings. The zero-order valence-corrected chi connectivity index (χ0v) is 10.8. The molecule has 0 radical (unpaired) electrons. The Bertz CT molecular complexity index is 322. The molecular formula is C13H20OSi. The summed E-state index contributed by atoms with van der Waals surface area (Å²) < 4.78 is 0. The first-order chi connectivity index (χ1) is 7.01. The topological polar surface area (TPSA) is 20.2 Å². The fourth-order valence-corrected chi connectivity index (χ4v) is 3.19. The third-order valence-corrected chi connectivity index (χ3v) is 3.65. The molecule has 1 rings (SSSR count). The van der Waals surface area contributed by atoms with Crippen LogP contribution < -0.4 is 0 Å². The van der Waals surface area contributed by atoms with Crippen LogP contribution in [0.25, 0.3) is 6.08 Å². The van der Waals surface area contributed by atoms with E-state index in [1.165, 1.54) is 5.56 Å². The van der Waals surface area contributed by atoms with Gasteiger partial charge in [0.1, 0.15) is 0 Å². The molecule has 0 unspecified atom stereocenters. The highest BCUT2D eigenvalue weighted by Crippen LogP contribution is 2.18. The highest BCUT2D eigenvalue weighted by atomic mass is 28.3. The molecule has 0 saturated heterocycles. The molecule has 0 aliphatic rings. The van der Waals surface area contributed by atoms with Crippen LogP contribution in [-0.2, 0) is 0 Å². The highest BCUT2D eigenvalue weighted by molar-refractivity contribution is 6.76. The van der Waals surface area contributed by atoms with E-state index in [9.17, 15) is 5.11 Å². The predicted molar refractivity (Wildman–Crippen MR) is 69.7 cm³/mol. The first kappa shape index (κ1) is 12.2. The molecule has 0 bridgehead atoms. The van der Waals surface area contributed by atoms with Gasteiger partial charge in [-0.05, 0) is 17.2 Å². The summed E-state index contributed by atoms with van der Waals surface area (Å²) in [5, 5.41) is 9.30. The fourth-order valence-electron chi connectivity index (χ4n) is 1.62. The summed E-state index contributed by atoms with van der Waals surface area (Å²) in [6.45, 7) is 7.14. The first-order valence-corrected chi connectivity index (χ1v) is 9.07. The molecule has 1 N–H and O–H groups in total. The van der Waals surface area contributed by atoms with Gasteiger partial charge in [0.25, 0.3) is 0 Å². The Labute approximate surface area is 93.5 Å². The molecule has 0 aliphatic carbocycles. The SMILES string of the molecule is C[Si](C)(C)C/C(=C\c1ccccc1)CO. The smallest absolute Gasteiger partial charge is 0.0642 e. The average molecular weight is 220 g/mol. The van der Waals surface area contributed by atoms with Gasteiger partial charge in [0.15, 0.2) is 0 Å². The van der Waals surface area contributed by atoms with Crippen molar-refractivity contribution in [2.45, 2.75) is 25.7 Å². The Morgan fingerprint density at radius 2 is 1.80 bits per heavy atom. The minimum atomic E-state index is -1.12. The fraction of sp³-hybridized carbons (Fsp3) is 0.385. The molecule has 0 aromatic heterocycles. The lowest BCUT2D eigenvalue weighted by Gasteiger charge is -2.17. The maximum atomic E-state index is 9.30. The van der Waals surface area contributed by atoms with Crippen molar-refractivity contribution >= 4 is 14.1 Å². The van der Waals surface area contributed by atoms with Crippen LogP contribution in [0.1, 0.15) is 5.56 Å². The van der Waals surface area contributed by atoms with E-state index >= 15 is 0 Å². The minimum absolute atomic E-state index is 0.180. The van der Waals surface area contributed by atoms with Gasteiger partial charge < -0.3 is 5.11 Å². The Hall–Kier alpha value is -0.863. The summed E-state index contributed by atoms with van der Waals surface area (Å²) in [7, 11) is -1.12. The third-order valence-electron chi connectivity index (χ3n) is 2.13. The van der Waals surface area contributed by atoms with Gasteiger partial charge >= 0.3 is 0 Å². The van der Waals surface area contributed by atoms with E-state index in [2.05, 4.69) is 37.8 Å². The van der Waals surface area contributed by atoms with Crippen molar-refractivity contribution in [2.24, 2.45) is 0 Å². The number of hydrogen-bond donors (Lipinski definition) is 1. The van der Waals surface area contributed by atoms with Gasteiger partial charge in [-0.3, -0.25) is 0 Å². The lowest BCUT2D eigenvalue weighted by Crippen LogP contribution is -2.20. The van der Waals surface area contributed by atoms with Crippen LogP contribution in [0.3, 0.4) is 0 Å². The van der Waals surface area contributed by atoms with Crippen LogP contribution in [-0.4, -0.2) is 19.8 Å². The van der Waals surface area contributed by atoms with Gasteiger partial charge in [0, 0.05) is 8.07 Å². The number of benzene rings is 1. The highest BCUT2D eigenvalue weighted by Gasteiger charge is 2.14. The minimum Gasteiger partial charge on any atom is -0.392 e. The lowest BCUT2D eigenvalue weighted by molar-refractivity contribution is 0.332. The summed E-state index contributed by atoms with van der Waals surface area (Å²) in [6.07, 6.45) is 2.11. The van der Waals surface area contributed by atoms with Crippen molar-refractivity contribution < 1.29 is 5.11 Å². The molecule has 0 saturated carbocycles. The number of rotatable bonds is 4. The Balaban J connectivity index is 2.79. The zero-order valence-electron chi connectivity index (χ0n) is 9.83. The van der Waals surface area contributed by atoms with Gasteiger partial charge in [-0.1, -0.05) is 56.0 Å². The van der Waals surface area contributed by atoms with Crippen molar-refractivity contribution in [1.82, 2.24) is 0 Å². The van der Waals surface area contributed by atoms with Crippen molar-refractivity contribution in [3.05, 3.63) is 41.5 Å². The van der Waals surface area contributed by atoms with Gasteiger partial charge in [0.05, 0.1) is 6.61 Å². The normalized spacial score (nSPS) is 12.9. The summed E-state index contributed by atoms with van der Waals surface area (Å²) in [4.78, 5) is 0. The molecule has 0 amide bonds. The summed E-state index contributed by atoms with van der Waals surface area (Å²) in [6, 6.07) is 11.3. The maximum absolute atomic E-state index is 9.30. The standard InChI is InChI=1S/C13H20OSi/c1-15(2,3)11-13(10-14)9-12-7-5-4-6-8-12/h4-9,14H,10-11H2,1-3H3/b13-9-. The summed E-state index contributed by atoms with van der Waals surface area (Å²) in [5.74, 6) is 0. The average Bonchev–Trinajstić information content (AvgIpc) is 2.16. The first-order valence-electron chi connectivity index (χ1n) is 5.36. The number of hydrogen-bond acceptors (Lipinski definition) is 1. The number of aliphatic hydroxyl groups is 1. The second kappa shape index (κ2) is 5.28. The van der Waals surface area contributed by atoms with Crippen LogP contribution in [0.2, 0.25) is 25.7 Å². The van der Waals surface area contributed by atoms with E-state index in [1.807, 2.05) is 18.2 Å². The molecule has 2 heteroatoms. The van der Waals surface area contributed by atoms with Crippen LogP contribution in [0.5, 0.6) is 0 Å². The van der Waals surface area contributed by atoms with Crippen LogP contribution >= 0.6 is 0 Å².